The van der Waals surface area contributed by atoms with E-state index in [4.69, 9.17) is 9.84 Å². The van der Waals surface area contributed by atoms with E-state index < -0.39 is 12.1 Å². The van der Waals surface area contributed by atoms with E-state index in [0.29, 0.717) is 12.3 Å². The van der Waals surface area contributed by atoms with Crippen molar-refractivity contribution in [2.24, 2.45) is 0 Å². The summed E-state index contributed by atoms with van der Waals surface area (Å²) in [6, 6.07) is 31.7. The van der Waals surface area contributed by atoms with Crippen molar-refractivity contribution in [3.8, 4) is 5.75 Å². The number of aliphatic carboxylic acids is 1. The summed E-state index contributed by atoms with van der Waals surface area (Å²) in [4.78, 5) is 23.7. The number of aryl methyl sites for hydroxylation is 2. The molecule has 0 aliphatic rings. The summed E-state index contributed by atoms with van der Waals surface area (Å²) in [5, 5.41) is 9.06. The Bertz CT molecular complexity index is 1280. The molecule has 4 rings (SSSR count). The summed E-state index contributed by atoms with van der Waals surface area (Å²) in [6.45, 7) is 2.09. The van der Waals surface area contributed by atoms with Crippen LogP contribution in [0.4, 0.5) is 0 Å². The van der Waals surface area contributed by atoms with Gasteiger partial charge in [-0.3, -0.25) is 4.79 Å². The molecule has 5 heteroatoms. The first-order valence-corrected chi connectivity index (χ1v) is 11.8. The fraction of sp³-hybridized carbons (Fsp3) is 0.200. The van der Waals surface area contributed by atoms with E-state index in [2.05, 4.69) is 24.3 Å². The van der Waals surface area contributed by atoms with Gasteiger partial charge in [-0.2, -0.15) is 0 Å². The van der Waals surface area contributed by atoms with Gasteiger partial charge in [-0.05, 0) is 54.2 Å². The number of rotatable bonds is 10. The Morgan fingerprint density at radius 2 is 1.51 bits per heavy atom. The first kappa shape index (κ1) is 24.0. The Kier molecular flexibility index (Phi) is 7.78. The maximum Gasteiger partial charge on any atom is 0.344 e. The molecular weight excluding hydrogens is 438 g/mol. The number of carboxylic acid groups (broad SMARTS) is 1. The zero-order valence-electron chi connectivity index (χ0n) is 19.7. The van der Waals surface area contributed by atoms with E-state index in [1.54, 1.807) is 16.7 Å². The van der Waals surface area contributed by atoms with Crippen LogP contribution in [0.15, 0.2) is 108 Å². The number of carbonyl (C=O) groups is 1. The monoisotopic (exact) mass is 467 g/mol. The average Bonchev–Trinajstić information content (AvgIpc) is 2.87. The number of carboxylic acids is 1. The predicted molar refractivity (Wildman–Crippen MR) is 137 cm³/mol. The fourth-order valence-corrected chi connectivity index (χ4v) is 4.25. The minimum Gasteiger partial charge on any atom is -0.479 e. The van der Waals surface area contributed by atoms with E-state index in [-0.39, 0.29) is 11.5 Å². The summed E-state index contributed by atoms with van der Waals surface area (Å²) in [5.74, 6) is -0.432. The van der Waals surface area contributed by atoms with Crippen LogP contribution in [-0.4, -0.2) is 21.7 Å². The maximum absolute atomic E-state index is 12.6. The van der Waals surface area contributed by atoms with Crippen LogP contribution in [0.3, 0.4) is 0 Å². The lowest BCUT2D eigenvalue weighted by Crippen LogP contribution is -2.22. The van der Waals surface area contributed by atoms with Gasteiger partial charge < -0.3 is 14.4 Å². The summed E-state index contributed by atoms with van der Waals surface area (Å²) in [6.07, 6.45) is 2.58. The van der Waals surface area contributed by atoms with Crippen LogP contribution in [0, 0.1) is 0 Å². The first-order valence-electron chi connectivity index (χ1n) is 11.8. The zero-order valence-corrected chi connectivity index (χ0v) is 19.7. The van der Waals surface area contributed by atoms with Gasteiger partial charge in [0.1, 0.15) is 5.75 Å². The SMILES string of the molecule is C[C@H](Oc1cccc(CCCn2cc(C(c3ccccc3)c3ccccc3)ccc2=O)c1)C(=O)O. The van der Waals surface area contributed by atoms with E-state index in [9.17, 15) is 9.59 Å². The molecule has 0 bridgehead atoms. The van der Waals surface area contributed by atoms with Crippen molar-refractivity contribution in [2.45, 2.75) is 38.3 Å². The van der Waals surface area contributed by atoms with Crippen molar-refractivity contribution in [3.05, 3.63) is 136 Å². The van der Waals surface area contributed by atoms with E-state index in [1.165, 1.54) is 18.1 Å². The topological polar surface area (TPSA) is 68.5 Å². The van der Waals surface area contributed by atoms with Gasteiger partial charge in [0, 0.05) is 24.7 Å². The van der Waals surface area contributed by atoms with Crippen LogP contribution in [0.1, 0.15) is 41.5 Å². The highest BCUT2D eigenvalue weighted by Gasteiger charge is 2.17. The van der Waals surface area contributed by atoms with Crippen molar-refractivity contribution in [1.82, 2.24) is 4.57 Å². The Balaban J connectivity index is 1.51. The summed E-state index contributed by atoms with van der Waals surface area (Å²) < 4.78 is 7.25. The normalized spacial score (nSPS) is 11.8. The highest BCUT2D eigenvalue weighted by molar-refractivity contribution is 5.72. The summed E-state index contributed by atoms with van der Waals surface area (Å²) in [7, 11) is 0. The lowest BCUT2D eigenvalue weighted by molar-refractivity contribution is -0.144. The number of ether oxygens (including phenoxy) is 1. The molecule has 0 aliphatic carbocycles. The van der Waals surface area contributed by atoms with Gasteiger partial charge in [0.15, 0.2) is 6.10 Å². The third-order valence-electron chi connectivity index (χ3n) is 6.03. The largest absolute Gasteiger partial charge is 0.479 e. The van der Waals surface area contributed by atoms with Crippen molar-refractivity contribution < 1.29 is 14.6 Å². The molecule has 4 aromatic rings. The Hall–Kier alpha value is -4.12. The van der Waals surface area contributed by atoms with Gasteiger partial charge in [-0.25, -0.2) is 4.79 Å². The Morgan fingerprint density at radius 1 is 0.857 bits per heavy atom. The van der Waals surface area contributed by atoms with Crippen LogP contribution < -0.4 is 10.3 Å². The molecule has 1 N–H and O–H groups in total. The second-order valence-electron chi connectivity index (χ2n) is 8.60. The molecule has 0 saturated heterocycles. The Morgan fingerprint density at radius 3 is 2.14 bits per heavy atom. The lowest BCUT2D eigenvalue weighted by atomic mass is 9.86. The van der Waals surface area contributed by atoms with E-state index >= 15 is 0 Å². The number of pyridine rings is 1. The third-order valence-corrected chi connectivity index (χ3v) is 6.03. The molecule has 0 aliphatic heterocycles. The second kappa shape index (κ2) is 11.3. The van der Waals surface area contributed by atoms with Gasteiger partial charge in [0.05, 0.1) is 0 Å². The molecule has 178 valence electrons. The molecule has 5 nitrogen and oxygen atoms in total. The molecule has 0 amide bonds. The van der Waals surface area contributed by atoms with E-state index in [0.717, 1.165) is 24.0 Å². The van der Waals surface area contributed by atoms with Crippen LogP contribution in [0.5, 0.6) is 5.75 Å². The number of aromatic nitrogens is 1. The Labute approximate surface area is 205 Å². The predicted octanol–water partition coefficient (Wildman–Crippen LogP) is 5.51. The second-order valence-corrected chi connectivity index (χ2v) is 8.60. The van der Waals surface area contributed by atoms with Gasteiger partial charge in [0.2, 0.25) is 0 Å². The lowest BCUT2D eigenvalue weighted by Gasteiger charge is -2.20. The standard InChI is InChI=1S/C30H29NO4/c1-22(30(33)34)35-27-16-8-10-23(20-27)11-9-19-31-21-26(17-18-28(31)32)29(24-12-4-2-5-13-24)25-14-6-3-7-15-25/h2-8,10,12-18,20-22,29H,9,11,19H2,1H3,(H,33,34)/t22-/m0/s1. The molecule has 0 saturated carbocycles. The molecule has 1 aromatic heterocycles. The third kappa shape index (κ3) is 6.27. The van der Waals surface area contributed by atoms with Crippen LogP contribution >= 0.6 is 0 Å². The van der Waals surface area contributed by atoms with Crippen molar-refractivity contribution in [2.75, 3.05) is 0 Å². The van der Waals surface area contributed by atoms with E-state index in [1.807, 2.05) is 66.9 Å². The smallest absolute Gasteiger partial charge is 0.344 e. The molecule has 1 atom stereocenters. The molecule has 3 aromatic carbocycles. The minimum atomic E-state index is -1.00. The average molecular weight is 468 g/mol. The quantitative estimate of drug-likeness (QED) is 0.334. The molecule has 0 fully saturated rings. The zero-order chi connectivity index (χ0) is 24.6. The minimum absolute atomic E-state index is 0.0269. The molecule has 0 spiro atoms. The number of benzene rings is 3. The van der Waals surface area contributed by atoms with Gasteiger partial charge in [-0.15, -0.1) is 0 Å². The highest BCUT2D eigenvalue weighted by atomic mass is 16.5. The van der Waals surface area contributed by atoms with Crippen molar-refractivity contribution in [3.63, 3.8) is 0 Å². The maximum atomic E-state index is 12.6. The molecule has 1 heterocycles. The molecule has 0 unspecified atom stereocenters. The summed E-state index contributed by atoms with van der Waals surface area (Å²) in [5.41, 5.74) is 4.43. The summed E-state index contributed by atoms with van der Waals surface area (Å²) >= 11 is 0. The van der Waals surface area contributed by atoms with Crippen LogP contribution in [0.25, 0.3) is 0 Å². The molecule has 35 heavy (non-hydrogen) atoms. The number of nitrogens with zero attached hydrogens (tertiary/aromatic N) is 1. The van der Waals surface area contributed by atoms with Crippen molar-refractivity contribution in [1.29, 1.82) is 0 Å². The highest BCUT2D eigenvalue weighted by Crippen LogP contribution is 2.31. The van der Waals surface area contributed by atoms with Crippen LogP contribution in [0.2, 0.25) is 0 Å². The van der Waals surface area contributed by atoms with Crippen LogP contribution in [-0.2, 0) is 17.8 Å². The first-order chi connectivity index (χ1) is 17.0. The fourth-order valence-electron chi connectivity index (χ4n) is 4.25. The molecule has 0 radical (unpaired) electrons. The van der Waals surface area contributed by atoms with Gasteiger partial charge in [0.25, 0.3) is 5.56 Å². The number of hydrogen-bond donors (Lipinski definition) is 1. The molecular formula is C30H29NO4. The number of hydrogen-bond acceptors (Lipinski definition) is 3. The van der Waals surface area contributed by atoms with Crippen molar-refractivity contribution >= 4 is 5.97 Å². The van der Waals surface area contributed by atoms with Gasteiger partial charge in [-0.1, -0.05) is 78.9 Å². The van der Waals surface area contributed by atoms with Gasteiger partial charge >= 0.3 is 5.97 Å².